The fourth-order valence-corrected chi connectivity index (χ4v) is 4.14. The van der Waals surface area contributed by atoms with Crippen LogP contribution in [0.2, 0.25) is 0 Å². The highest BCUT2D eigenvalue weighted by atomic mass is 35.5. The molecule has 0 aliphatic heterocycles. The lowest BCUT2D eigenvalue weighted by molar-refractivity contribution is 0.0751. The quantitative estimate of drug-likeness (QED) is 0.260. The van der Waals surface area contributed by atoms with Crippen LogP contribution in [0.15, 0.2) is 53.4 Å². The summed E-state index contributed by atoms with van der Waals surface area (Å²) in [6, 6.07) is 10.5. The molecule has 0 spiro atoms. The van der Waals surface area contributed by atoms with E-state index in [1.807, 2.05) is 37.0 Å². The molecule has 0 aliphatic rings. The number of carbonyl (C=O) groups is 1. The average Bonchev–Trinajstić information content (AvgIpc) is 3.31. The van der Waals surface area contributed by atoms with Crippen molar-refractivity contribution in [1.82, 2.24) is 9.88 Å². The molecule has 1 unspecified atom stereocenters. The minimum absolute atomic E-state index is 0.0262. The van der Waals surface area contributed by atoms with Crippen molar-refractivity contribution in [1.29, 1.82) is 0 Å². The van der Waals surface area contributed by atoms with E-state index in [1.165, 1.54) is 16.9 Å². The molecule has 32 heavy (non-hydrogen) atoms. The van der Waals surface area contributed by atoms with Gasteiger partial charge in [0.15, 0.2) is 0 Å². The van der Waals surface area contributed by atoms with Crippen LogP contribution in [0.1, 0.15) is 48.3 Å². The lowest BCUT2D eigenvalue weighted by Crippen LogP contribution is -2.33. The molecule has 0 saturated carbocycles. The Bertz CT molecular complexity index is 903. The first-order chi connectivity index (χ1) is 15.5. The van der Waals surface area contributed by atoms with Crippen LogP contribution in [0.3, 0.4) is 0 Å². The van der Waals surface area contributed by atoms with E-state index < -0.39 is 0 Å². The number of aliphatic hydroxyl groups excluding tert-OH is 1. The SMILES string of the molecule is C#C.CCN(CCC(C)Cc1ccccc1)C(=O)c1csc(C(/C=C(/C)CO)=C/CCl)n1. The number of thiazole rings is 1. The molecule has 1 atom stereocenters. The summed E-state index contributed by atoms with van der Waals surface area (Å²) >= 11 is 7.30. The Morgan fingerprint density at radius 2 is 2.00 bits per heavy atom. The average molecular weight is 473 g/mol. The molecule has 6 heteroatoms. The van der Waals surface area contributed by atoms with E-state index in [0.717, 1.165) is 29.0 Å². The molecule has 0 aliphatic carbocycles. The zero-order chi connectivity index (χ0) is 23.9. The summed E-state index contributed by atoms with van der Waals surface area (Å²) in [5.41, 5.74) is 3.44. The molecule has 4 nitrogen and oxygen atoms in total. The normalized spacial score (nSPS) is 12.6. The van der Waals surface area contributed by atoms with Gasteiger partial charge in [-0.15, -0.1) is 35.8 Å². The molecule has 0 fully saturated rings. The molecule has 1 amide bonds. The van der Waals surface area contributed by atoms with Gasteiger partial charge in [-0.1, -0.05) is 49.4 Å². The van der Waals surface area contributed by atoms with E-state index in [4.69, 9.17) is 11.6 Å². The van der Waals surface area contributed by atoms with E-state index in [1.54, 1.807) is 5.38 Å². The van der Waals surface area contributed by atoms with Crippen LogP contribution in [0.25, 0.3) is 5.57 Å². The highest BCUT2D eigenvalue weighted by Gasteiger charge is 2.19. The van der Waals surface area contributed by atoms with E-state index in [-0.39, 0.29) is 12.5 Å². The molecule has 0 bridgehead atoms. The molecular weight excluding hydrogens is 440 g/mol. The largest absolute Gasteiger partial charge is 0.392 e. The minimum atomic E-state index is -0.0417. The van der Waals surface area contributed by atoms with Gasteiger partial charge in [0.05, 0.1) is 6.61 Å². The second kappa shape index (κ2) is 15.4. The number of carbonyl (C=O) groups excluding carboxylic acids is 1. The lowest BCUT2D eigenvalue weighted by atomic mass is 9.98. The summed E-state index contributed by atoms with van der Waals surface area (Å²) in [6.07, 6.45) is 13.7. The fourth-order valence-electron chi connectivity index (χ4n) is 3.17. The summed E-state index contributed by atoms with van der Waals surface area (Å²) in [5.74, 6) is 0.790. The second-order valence-electron chi connectivity index (χ2n) is 7.47. The number of terminal acetylenes is 1. The van der Waals surface area contributed by atoms with Gasteiger partial charge in [0.25, 0.3) is 5.91 Å². The third-order valence-electron chi connectivity index (χ3n) is 4.91. The van der Waals surface area contributed by atoms with Gasteiger partial charge < -0.3 is 10.0 Å². The predicted molar refractivity (Wildman–Crippen MR) is 137 cm³/mol. The number of allylic oxidation sites excluding steroid dienone is 3. The van der Waals surface area contributed by atoms with Crippen molar-refractivity contribution in [2.45, 2.75) is 33.6 Å². The van der Waals surface area contributed by atoms with Crippen molar-refractivity contribution in [2.75, 3.05) is 25.6 Å². The van der Waals surface area contributed by atoms with Crippen LogP contribution in [0, 0.1) is 18.8 Å². The number of nitrogens with zero attached hydrogens (tertiary/aromatic N) is 2. The third-order valence-corrected chi connectivity index (χ3v) is 5.95. The highest BCUT2D eigenvalue weighted by molar-refractivity contribution is 7.11. The minimum Gasteiger partial charge on any atom is -0.392 e. The van der Waals surface area contributed by atoms with Gasteiger partial charge >= 0.3 is 0 Å². The van der Waals surface area contributed by atoms with Crippen molar-refractivity contribution < 1.29 is 9.90 Å². The molecule has 1 aromatic carbocycles. The highest BCUT2D eigenvalue weighted by Crippen LogP contribution is 2.23. The van der Waals surface area contributed by atoms with Crippen molar-refractivity contribution in [2.24, 2.45) is 5.92 Å². The van der Waals surface area contributed by atoms with E-state index in [9.17, 15) is 9.90 Å². The summed E-state index contributed by atoms with van der Waals surface area (Å²) in [4.78, 5) is 19.4. The zero-order valence-electron chi connectivity index (χ0n) is 19.1. The maximum absolute atomic E-state index is 13.0. The van der Waals surface area contributed by atoms with Gasteiger partial charge in [0.1, 0.15) is 10.7 Å². The Labute approximate surface area is 201 Å². The van der Waals surface area contributed by atoms with Crippen LogP contribution in [0.4, 0.5) is 0 Å². The van der Waals surface area contributed by atoms with Crippen molar-refractivity contribution in [3.05, 3.63) is 69.7 Å². The molecule has 1 N–H and O–H groups in total. The number of amides is 1. The maximum Gasteiger partial charge on any atom is 0.273 e. The topological polar surface area (TPSA) is 53.4 Å². The van der Waals surface area contributed by atoms with Crippen LogP contribution in [0.5, 0.6) is 0 Å². The number of hydrogen-bond donors (Lipinski definition) is 1. The first kappa shape index (κ1) is 27.6. The molecule has 2 aromatic rings. The Morgan fingerprint density at radius 1 is 1.31 bits per heavy atom. The van der Waals surface area contributed by atoms with Gasteiger partial charge in [0.2, 0.25) is 0 Å². The van der Waals surface area contributed by atoms with E-state index in [2.05, 4.69) is 49.0 Å². The summed E-state index contributed by atoms with van der Waals surface area (Å²) in [5, 5.41) is 11.8. The Hall–Kier alpha value is -2.39. The molecular formula is C26H33ClN2O2S. The first-order valence-electron chi connectivity index (χ1n) is 10.6. The number of hydrogen-bond acceptors (Lipinski definition) is 4. The predicted octanol–water partition coefficient (Wildman–Crippen LogP) is 5.68. The number of rotatable bonds is 11. The van der Waals surface area contributed by atoms with Crippen molar-refractivity contribution in [3.63, 3.8) is 0 Å². The number of alkyl halides is 1. The Balaban J connectivity index is 0.00000249. The fraction of sp³-hybridized carbons (Fsp3) is 0.385. The summed E-state index contributed by atoms with van der Waals surface area (Å²) in [6.45, 7) is 7.41. The van der Waals surface area contributed by atoms with Gasteiger partial charge in [0, 0.05) is 29.9 Å². The van der Waals surface area contributed by atoms with Gasteiger partial charge in [-0.3, -0.25) is 4.79 Å². The molecule has 0 saturated heterocycles. The van der Waals surface area contributed by atoms with Crippen LogP contribution < -0.4 is 0 Å². The molecule has 172 valence electrons. The number of halogens is 1. The van der Waals surface area contributed by atoms with Crippen molar-refractivity contribution in [3.8, 4) is 12.8 Å². The number of aliphatic hydroxyl groups is 1. The van der Waals surface area contributed by atoms with Gasteiger partial charge in [-0.25, -0.2) is 4.98 Å². The zero-order valence-corrected chi connectivity index (χ0v) is 20.7. The molecule has 2 rings (SSSR count). The van der Waals surface area contributed by atoms with Crippen molar-refractivity contribution >= 4 is 34.4 Å². The third kappa shape index (κ3) is 9.00. The van der Waals surface area contributed by atoms with E-state index >= 15 is 0 Å². The monoisotopic (exact) mass is 472 g/mol. The lowest BCUT2D eigenvalue weighted by Gasteiger charge is -2.22. The molecule has 1 heterocycles. The molecule has 1 aromatic heterocycles. The first-order valence-corrected chi connectivity index (χ1v) is 12.1. The summed E-state index contributed by atoms with van der Waals surface area (Å²) < 4.78 is 0. The number of aromatic nitrogens is 1. The standard InChI is InChI=1S/C24H31ClN2O2S.C2H2/c1-4-27(13-11-18(2)14-20-8-6-5-7-9-20)24(29)22-17-30-23(26-22)21(10-12-25)15-19(3)16-28;1-2/h5-10,15,17-18,28H,4,11-14,16H2,1-3H3;1-2H/b19-15-,21-10+;. The van der Waals surface area contributed by atoms with Gasteiger partial charge in [-0.2, -0.15) is 0 Å². The number of benzene rings is 1. The summed E-state index contributed by atoms with van der Waals surface area (Å²) in [7, 11) is 0. The Kier molecular flexibility index (Phi) is 13.3. The van der Waals surface area contributed by atoms with Crippen LogP contribution in [-0.4, -0.2) is 46.5 Å². The van der Waals surface area contributed by atoms with Gasteiger partial charge in [-0.05, 0) is 43.7 Å². The smallest absolute Gasteiger partial charge is 0.273 e. The van der Waals surface area contributed by atoms with Crippen LogP contribution >= 0.6 is 22.9 Å². The second-order valence-corrected chi connectivity index (χ2v) is 8.64. The van der Waals surface area contributed by atoms with E-state index in [0.29, 0.717) is 30.6 Å². The molecule has 0 radical (unpaired) electrons. The Morgan fingerprint density at radius 3 is 2.59 bits per heavy atom. The maximum atomic E-state index is 13.0. The van der Waals surface area contributed by atoms with Crippen LogP contribution in [-0.2, 0) is 6.42 Å².